The molecule has 0 aliphatic heterocycles. The van der Waals surface area contributed by atoms with Gasteiger partial charge in [-0.25, -0.2) is 0 Å². The van der Waals surface area contributed by atoms with Gasteiger partial charge in [-0.1, -0.05) is 28.1 Å². The van der Waals surface area contributed by atoms with Crippen molar-refractivity contribution in [2.75, 3.05) is 6.54 Å². The zero-order valence-corrected chi connectivity index (χ0v) is 10.8. The summed E-state index contributed by atoms with van der Waals surface area (Å²) in [5.41, 5.74) is 2.27. The van der Waals surface area contributed by atoms with Gasteiger partial charge >= 0.3 is 0 Å². The smallest absolute Gasteiger partial charge is 0.207 e. The summed E-state index contributed by atoms with van der Waals surface area (Å²) in [4.78, 5) is 10.1. The lowest BCUT2D eigenvalue weighted by Crippen LogP contribution is -2.14. The molecule has 0 saturated heterocycles. The van der Waals surface area contributed by atoms with Crippen LogP contribution in [0.2, 0.25) is 0 Å². The molecule has 2 nitrogen and oxygen atoms in total. The Labute approximate surface area is 103 Å². The SMILES string of the molecule is Cc1c(Br)cccc1C(Cl)CCNC=O. The summed E-state index contributed by atoms with van der Waals surface area (Å²) in [6, 6.07) is 5.97. The van der Waals surface area contributed by atoms with Crippen LogP contribution in [0.3, 0.4) is 0 Å². The Morgan fingerprint density at radius 1 is 1.60 bits per heavy atom. The van der Waals surface area contributed by atoms with E-state index in [1.165, 1.54) is 0 Å². The number of benzene rings is 1. The highest BCUT2D eigenvalue weighted by Gasteiger charge is 2.11. The topological polar surface area (TPSA) is 29.1 Å². The molecule has 4 heteroatoms. The molecule has 1 aromatic carbocycles. The van der Waals surface area contributed by atoms with Crippen LogP contribution in [-0.2, 0) is 4.79 Å². The highest BCUT2D eigenvalue weighted by Crippen LogP contribution is 2.30. The first-order chi connectivity index (χ1) is 7.16. The summed E-state index contributed by atoms with van der Waals surface area (Å²) in [5.74, 6) is 0. The van der Waals surface area contributed by atoms with Gasteiger partial charge in [0.2, 0.25) is 6.41 Å². The average molecular weight is 291 g/mol. The van der Waals surface area contributed by atoms with Crippen LogP contribution < -0.4 is 5.32 Å². The molecule has 1 unspecified atom stereocenters. The van der Waals surface area contributed by atoms with Gasteiger partial charge in [0, 0.05) is 11.0 Å². The molecule has 82 valence electrons. The van der Waals surface area contributed by atoms with Crippen LogP contribution in [0.4, 0.5) is 0 Å². The lowest BCUT2D eigenvalue weighted by Gasteiger charge is -2.13. The van der Waals surface area contributed by atoms with Crippen molar-refractivity contribution in [3.63, 3.8) is 0 Å². The zero-order chi connectivity index (χ0) is 11.3. The number of rotatable bonds is 5. The molecular formula is C11H13BrClNO. The van der Waals surface area contributed by atoms with Crippen molar-refractivity contribution >= 4 is 33.9 Å². The largest absolute Gasteiger partial charge is 0.359 e. The minimum Gasteiger partial charge on any atom is -0.359 e. The number of halogens is 2. The van der Waals surface area contributed by atoms with E-state index in [2.05, 4.69) is 21.2 Å². The van der Waals surface area contributed by atoms with Gasteiger partial charge < -0.3 is 5.32 Å². The molecule has 1 rings (SSSR count). The number of alkyl halides is 1. The molecule has 0 aliphatic rings. The maximum absolute atomic E-state index is 10.1. The van der Waals surface area contributed by atoms with Crippen molar-refractivity contribution in [1.29, 1.82) is 0 Å². The molecule has 0 heterocycles. The molecule has 1 N–H and O–H groups in total. The Balaban J connectivity index is 2.68. The maximum atomic E-state index is 10.1. The molecule has 0 saturated carbocycles. The third-order valence-electron chi connectivity index (χ3n) is 2.27. The highest BCUT2D eigenvalue weighted by atomic mass is 79.9. The second-order valence-electron chi connectivity index (χ2n) is 3.28. The van der Waals surface area contributed by atoms with Crippen LogP contribution in [-0.4, -0.2) is 13.0 Å². The minimum absolute atomic E-state index is 0.0602. The number of hydrogen-bond acceptors (Lipinski definition) is 1. The van der Waals surface area contributed by atoms with Gasteiger partial charge in [0.15, 0.2) is 0 Å². The van der Waals surface area contributed by atoms with Gasteiger partial charge in [-0.05, 0) is 30.5 Å². The van der Waals surface area contributed by atoms with E-state index in [1.54, 1.807) is 0 Å². The summed E-state index contributed by atoms with van der Waals surface area (Å²) >= 11 is 9.71. The zero-order valence-electron chi connectivity index (χ0n) is 8.47. The molecule has 0 aromatic heterocycles. The van der Waals surface area contributed by atoms with Crippen LogP contribution in [0.15, 0.2) is 22.7 Å². The number of hydrogen-bond donors (Lipinski definition) is 1. The first-order valence-corrected chi connectivity index (χ1v) is 5.96. The van der Waals surface area contributed by atoms with Crippen LogP contribution in [0.1, 0.15) is 22.9 Å². The van der Waals surface area contributed by atoms with Gasteiger partial charge in [-0.2, -0.15) is 0 Å². The van der Waals surface area contributed by atoms with Gasteiger partial charge in [0.25, 0.3) is 0 Å². The second-order valence-corrected chi connectivity index (χ2v) is 4.66. The van der Waals surface area contributed by atoms with Gasteiger partial charge in [0.1, 0.15) is 0 Å². The number of amides is 1. The Morgan fingerprint density at radius 2 is 2.33 bits per heavy atom. The van der Waals surface area contributed by atoms with E-state index in [1.807, 2.05) is 25.1 Å². The molecule has 0 fully saturated rings. The van der Waals surface area contributed by atoms with Gasteiger partial charge in [0.05, 0.1) is 5.38 Å². The number of carbonyl (C=O) groups excluding carboxylic acids is 1. The first-order valence-electron chi connectivity index (χ1n) is 4.73. The van der Waals surface area contributed by atoms with Crippen molar-refractivity contribution in [1.82, 2.24) is 5.32 Å². The Morgan fingerprint density at radius 3 is 3.00 bits per heavy atom. The quantitative estimate of drug-likeness (QED) is 0.504. The fourth-order valence-electron chi connectivity index (χ4n) is 1.39. The third kappa shape index (κ3) is 3.50. The number of nitrogens with one attached hydrogen (secondary N) is 1. The molecule has 1 atom stereocenters. The molecule has 0 aliphatic carbocycles. The fraction of sp³-hybridized carbons (Fsp3) is 0.364. The number of carbonyl (C=O) groups is 1. The molecular weight excluding hydrogens is 277 g/mol. The second kappa shape index (κ2) is 6.13. The van der Waals surface area contributed by atoms with Crippen LogP contribution in [0, 0.1) is 6.92 Å². The Hall–Kier alpha value is -0.540. The van der Waals surface area contributed by atoms with Crippen molar-refractivity contribution in [3.8, 4) is 0 Å². The molecule has 0 radical (unpaired) electrons. The van der Waals surface area contributed by atoms with Crippen LogP contribution >= 0.6 is 27.5 Å². The minimum atomic E-state index is -0.0602. The Bertz CT molecular complexity index is 343. The lowest BCUT2D eigenvalue weighted by atomic mass is 10.0. The monoisotopic (exact) mass is 289 g/mol. The maximum Gasteiger partial charge on any atom is 0.207 e. The van der Waals surface area contributed by atoms with Crippen LogP contribution in [0.5, 0.6) is 0 Å². The van der Waals surface area contributed by atoms with Crippen molar-refractivity contribution < 1.29 is 4.79 Å². The van der Waals surface area contributed by atoms with E-state index in [4.69, 9.17) is 11.6 Å². The van der Waals surface area contributed by atoms with E-state index >= 15 is 0 Å². The molecule has 1 aromatic rings. The van der Waals surface area contributed by atoms with E-state index in [0.29, 0.717) is 13.0 Å². The molecule has 1 amide bonds. The van der Waals surface area contributed by atoms with Crippen molar-refractivity contribution in [2.45, 2.75) is 18.7 Å². The summed E-state index contributed by atoms with van der Waals surface area (Å²) < 4.78 is 1.06. The predicted octanol–water partition coefficient (Wildman–Crippen LogP) is 3.17. The van der Waals surface area contributed by atoms with Crippen molar-refractivity contribution in [2.24, 2.45) is 0 Å². The van der Waals surface area contributed by atoms with Gasteiger partial charge in [-0.15, -0.1) is 11.6 Å². The summed E-state index contributed by atoms with van der Waals surface area (Å²) in [5, 5.41) is 2.55. The molecule has 0 spiro atoms. The highest BCUT2D eigenvalue weighted by molar-refractivity contribution is 9.10. The molecule has 15 heavy (non-hydrogen) atoms. The Kier molecular flexibility index (Phi) is 5.12. The summed E-state index contributed by atoms with van der Waals surface area (Å²) in [6.45, 7) is 2.63. The van der Waals surface area contributed by atoms with Gasteiger partial charge in [-0.3, -0.25) is 4.79 Å². The average Bonchev–Trinajstić information content (AvgIpc) is 2.22. The fourth-order valence-corrected chi connectivity index (χ4v) is 2.12. The van der Waals surface area contributed by atoms with Crippen LogP contribution in [0.25, 0.3) is 0 Å². The standard InChI is InChI=1S/C11H13BrClNO/c1-8-9(3-2-4-10(8)12)11(13)5-6-14-7-15/h2-4,7,11H,5-6H2,1H3,(H,14,15). The lowest BCUT2D eigenvalue weighted by molar-refractivity contribution is -0.109. The van der Waals surface area contributed by atoms with E-state index in [9.17, 15) is 4.79 Å². The summed E-state index contributed by atoms with van der Waals surface area (Å²) in [7, 11) is 0. The predicted molar refractivity (Wildman–Crippen MR) is 66.2 cm³/mol. The normalized spacial score (nSPS) is 12.2. The van der Waals surface area contributed by atoms with E-state index < -0.39 is 0 Å². The summed E-state index contributed by atoms with van der Waals surface area (Å²) in [6.07, 6.45) is 1.43. The molecule has 0 bridgehead atoms. The first kappa shape index (κ1) is 12.5. The van der Waals surface area contributed by atoms with Crippen molar-refractivity contribution in [3.05, 3.63) is 33.8 Å². The van der Waals surface area contributed by atoms with E-state index in [-0.39, 0.29) is 5.38 Å². The third-order valence-corrected chi connectivity index (χ3v) is 3.58. The van der Waals surface area contributed by atoms with E-state index in [0.717, 1.165) is 22.0 Å².